The van der Waals surface area contributed by atoms with Crippen molar-refractivity contribution in [3.8, 4) is 6.07 Å². The van der Waals surface area contributed by atoms with Crippen molar-refractivity contribution < 1.29 is 13.2 Å². The van der Waals surface area contributed by atoms with E-state index in [0.717, 1.165) is 5.56 Å². The standard InChI is InChI=1S/C12H15N3O3S/c1-9(8-12(14)16)15-19(17,18)11-4-2-10(3-5-11)6-7-13/h2-5,9,15H,6,8H2,1H3,(H2,14,16). The third-order valence-corrected chi connectivity index (χ3v) is 3.99. The highest BCUT2D eigenvalue weighted by atomic mass is 32.2. The van der Waals surface area contributed by atoms with E-state index >= 15 is 0 Å². The number of benzene rings is 1. The maximum absolute atomic E-state index is 12.0. The molecule has 0 aliphatic carbocycles. The highest BCUT2D eigenvalue weighted by Gasteiger charge is 2.18. The molecule has 102 valence electrons. The second kappa shape index (κ2) is 6.31. The van der Waals surface area contributed by atoms with E-state index in [2.05, 4.69) is 4.72 Å². The highest BCUT2D eigenvalue weighted by Crippen LogP contribution is 2.11. The summed E-state index contributed by atoms with van der Waals surface area (Å²) in [4.78, 5) is 10.8. The van der Waals surface area contributed by atoms with Crippen molar-refractivity contribution in [2.45, 2.75) is 30.7 Å². The van der Waals surface area contributed by atoms with Crippen LogP contribution >= 0.6 is 0 Å². The number of nitrogens with two attached hydrogens (primary N) is 1. The molecule has 3 N–H and O–H groups in total. The van der Waals surface area contributed by atoms with Gasteiger partial charge >= 0.3 is 0 Å². The van der Waals surface area contributed by atoms with Gasteiger partial charge in [-0.3, -0.25) is 4.79 Å². The van der Waals surface area contributed by atoms with Crippen molar-refractivity contribution in [2.24, 2.45) is 5.73 Å². The smallest absolute Gasteiger partial charge is 0.240 e. The number of nitrogens with zero attached hydrogens (tertiary/aromatic N) is 1. The van der Waals surface area contributed by atoms with Crippen molar-refractivity contribution >= 4 is 15.9 Å². The summed E-state index contributed by atoms with van der Waals surface area (Å²) in [6, 6.07) is 7.42. The Hall–Kier alpha value is -1.91. The molecule has 1 aromatic carbocycles. The van der Waals surface area contributed by atoms with E-state index in [1.54, 1.807) is 19.1 Å². The van der Waals surface area contributed by atoms with Crippen LogP contribution in [0.5, 0.6) is 0 Å². The van der Waals surface area contributed by atoms with E-state index in [4.69, 9.17) is 11.0 Å². The first-order valence-corrected chi connectivity index (χ1v) is 7.10. The Morgan fingerprint density at radius 1 is 1.42 bits per heavy atom. The summed E-state index contributed by atoms with van der Waals surface area (Å²) in [5, 5.41) is 8.53. The zero-order valence-corrected chi connectivity index (χ0v) is 11.3. The van der Waals surface area contributed by atoms with Gasteiger partial charge in [0.05, 0.1) is 17.4 Å². The van der Waals surface area contributed by atoms with Gasteiger partial charge in [-0.1, -0.05) is 12.1 Å². The lowest BCUT2D eigenvalue weighted by Gasteiger charge is -2.12. The SMILES string of the molecule is CC(CC(N)=O)NS(=O)(=O)c1ccc(CC#N)cc1. The summed E-state index contributed by atoms with van der Waals surface area (Å²) in [6.07, 6.45) is 0.164. The normalized spacial score (nSPS) is 12.6. The molecule has 19 heavy (non-hydrogen) atoms. The van der Waals surface area contributed by atoms with Crippen LogP contribution < -0.4 is 10.5 Å². The molecule has 0 radical (unpaired) electrons. The van der Waals surface area contributed by atoms with Crippen molar-refractivity contribution in [1.82, 2.24) is 4.72 Å². The van der Waals surface area contributed by atoms with Crippen LogP contribution in [0, 0.1) is 11.3 Å². The fourth-order valence-electron chi connectivity index (χ4n) is 1.55. The molecular formula is C12H15N3O3S. The Balaban J connectivity index is 2.83. The molecule has 1 amide bonds. The van der Waals surface area contributed by atoms with Gasteiger partial charge in [-0.15, -0.1) is 0 Å². The van der Waals surface area contributed by atoms with Crippen LogP contribution in [0.25, 0.3) is 0 Å². The lowest BCUT2D eigenvalue weighted by atomic mass is 10.2. The summed E-state index contributed by atoms with van der Waals surface area (Å²) >= 11 is 0. The van der Waals surface area contributed by atoms with Gasteiger partial charge in [0.15, 0.2) is 0 Å². The molecular weight excluding hydrogens is 266 g/mol. The molecule has 0 saturated heterocycles. The molecule has 7 heteroatoms. The Morgan fingerprint density at radius 2 is 2.00 bits per heavy atom. The van der Waals surface area contributed by atoms with E-state index in [1.165, 1.54) is 12.1 Å². The number of amides is 1. The first-order chi connectivity index (χ1) is 8.85. The Labute approximate surface area is 112 Å². The molecule has 0 aromatic heterocycles. The second-order valence-electron chi connectivity index (χ2n) is 4.17. The molecule has 1 atom stereocenters. The van der Waals surface area contributed by atoms with Crippen LogP contribution in [0.4, 0.5) is 0 Å². The third kappa shape index (κ3) is 4.69. The average molecular weight is 281 g/mol. The number of sulfonamides is 1. The molecule has 0 aliphatic heterocycles. The van der Waals surface area contributed by atoms with E-state index in [-0.39, 0.29) is 17.7 Å². The quantitative estimate of drug-likeness (QED) is 0.780. The monoisotopic (exact) mass is 281 g/mol. The lowest BCUT2D eigenvalue weighted by molar-refractivity contribution is -0.118. The van der Waals surface area contributed by atoms with Crippen molar-refractivity contribution in [1.29, 1.82) is 5.26 Å². The average Bonchev–Trinajstić information content (AvgIpc) is 2.28. The molecule has 0 aliphatic rings. The lowest BCUT2D eigenvalue weighted by Crippen LogP contribution is -2.35. The van der Waals surface area contributed by atoms with Gasteiger partial charge in [0.1, 0.15) is 0 Å². The zero-order chi connectivity index (χ0) is 14.5. The third-order valence-electron chi connectivity index (χ3n) is 2.38. The number of hydrogen-bond donors (Lipinski definition) is 2. The number of rotatable bonds is 6. The molecule has 1 unspecified atom stereocenters. The van der Waals surface area contributed by atoms with Crippen LogP contribution in [-0.2, 0) is 21.2 Å². The van der Waals surface area contributed by atoms with E-state index in [9.17, 15) is 13.2 Å². The van der Waals surface area contributed by atoms with Crippen LogP contribution in [0.1, 0.15) is 18.9 Å². The number of nitriles is 1. The largest absolute Gasteiger partial charge is 0.370 e. The van der Waals surface area contributed by atoms with Gasteiger partial charge in [-0.05, 0) is 24.6 Å². The predicted octanol–water partition coefficient (Wildman–Crippen LogP) is 0.295. The summed E-state index contributed by atoms with van der Waals surface area (Å²) in [7, 11) is -3.68. The first-order valence-electron chi connectivity index (χ1n) is 5.61. The number of nitrogens with one attached hydrogen (secondary N) is 1. The number of carbonyl (C=O) groups is 1. The summed E-state index contributed by atoms with van der Waals surface area (Å²) < 4.78 is 26.3. The minimum Gasteiger partial charge on any atom is -0.370 e. The van der Waals surface area contributed by atoms with Gasteiger partial charge in [0, 0.05) is 12.5 Å². The van der Waals surface area contributed by atoms with Crippen molar-refractivity contribution in [2.75, 3.05) is 0 Å². The van der Waals surface area contributed by atoms with Crippen molar-refractivity contribution in [3.05, 3.63) is 29.8 Å². The summed E-state index contributed by atoms with van der Waals surface area (Å²) in [5.74, 6) is -0.570. The minimum atomic E-state index is -3.68. The summed E-state index contributed by atoms with van der Waals surface area (Å²) in [5.41, 5.74) is 5.74. The fraction of sp³-hybridized carbons (Fsp3) is 0.333. The van der Waals surface area contributed by atoms with E-state index < -0.39 is 22.0 Å². The first kappa shape index (κ1) is 15.1. The number of primary amides is 1. The van der Waals surface area contributed by atoms with Gasteiger partial charge < -0.3 is 5.73 Å². The van der Waals surface area contributed by atoms with Gasteiger partial charge in [0.25, 0.3) is 0 Å². The minimum absolute atomic E-state index is 0.0637. The number of carbonyl (C=O) groups excluding carboxylic acids is 1. The topological polar surface area (TPSA) is 113 Å². The number of hydrogen-bond acceptors (Lipinski definition) is 4. The fourth-order valence-corrected chi connectivity index (χ4v) is 2.80. The summed E-state index contributed by atoms with van der Waals surface area (Å²) in [6.45, 7) is 1.56. The molecule has 6 nitrogen and oxygen atoms in total. The Bertz CT molecular complexity index is 588. The van der Waals surface area contributed by atoms with Gasteiger partial charge in [0.2, 0.25) is 15.9 Å². The predicted molar refractivity (Wildman–Crippen MR) is 69.4 cm³/mol. The maximum atomic E-state index is 12.0. The highest BCUT2D eigenvalue weighted by molar-refractivity contribution is 7.89. The van der Waals surface area contributed by atoms with Crippen molar-refractivity contribution in [3.63, 3.8) is 0 Å². The molecule has 0 saturated carbocycles. The zero-order valence-electron chi connectivity index (χ0n) is 10.5. The molecule has 0 fully saturated rings. The van der Waals surface area contributed by atoms with E-state index in [1.807, 2.05) is 6.07 Å². The van der Waals surface area contributed by atoms with Crippen LogP contribution in [-0.4, -0.2) is 20.4 Å². The molecule has 1 aromatic rings. The van der Waals surface area contributed by atoms with E-state index in [0.29, 0.717) is 0 Å². The van der Waals surface area contributed by atoms with Crippen LogP contribution in [0.2, 0.25) is 0 Å². The van der Waals surface area contributed by atoms with Gasteiger partial charge in [-0.25, -0.2) is 13.1 Å². The van der Waals surface area contributed by atoms with Gasteiger partial charge in [-0.2, -0.15) is 5.26 Å². The molecule has 0 heterocycles. The molecule has 1 rings (SSSR count). The van der Waals surface area contributed by atoms with Crippen LogP contribution in [0.3, 0.4) is 0 Å². The second-order valence-corrected chi connectivity index (χ2v) is 5.89. The van der Waals surface area contributed by atoms with Crippen LogP contribution in [0.15, 0.2) is 29.2 Å². The molecule has 0 bridgehead atoms. The maximum Gasteiger partial charge on any atom is 0.240 e. The Kier molecular flexibility index (Phi) is 5.03. The molecule has 0 spiro atoms. The Morgan fingerprint density at radius 3 is 2.47 bits per heavy atom.